The van der Waals surface area contributed by atoms with E-state index in [1.165, 1.54) is 12.1 Å². The van der Waals surface area contributed by atoms with Crippen molar-refractivity contribution in [1.29, 1.82) is 0 Å². The minimum atomic E-state index is -0.709. The molecule has 0 aliphatic rings. The third-order valence-electron chi connectivity index (χ3n) is 4.15. The van der Waals surface area contributed by atoms with E-state index in [-0.39, 0.29) is 11.1 Å². The van der Waals surface area contributed by atoms with Crippen molar-refractivity contribution in [2.24, 2.45) is 0 Å². The van der Waals surface area contributed by atoms with Gasteiger partial charge in [-0.15, -0.1) is 0 Å². The van der Waals surface area contributed by atoms with Crippen LogP contribution in [0.15, 0.2) is 54.6 Å². The summed E-state index contributed by atoms with van der Waals surface area (Å²) in [5.41, 5.74) is 4.86. The van der Waals surface area contributed by atoms with Crippen LogP contribution >= 0.6 is 0 Å². The van der Waals surface area contributed by atoms with E-state index in [0.29, 0.717) is 5.56 Å². The van der Waals surface area contributed by atoms with Crippen molar-refractivity contribution in [2.45, 2.75) is 20.8 Å². The fourth-order valence-corrected chi connectivity index (χ4v) is 2.63. The van der Waals surface area contributed by atoms with Crippen LogP contribution in [-0.4, -0.2) is 0 Å². The first-order chi connectivity index (χ1) is 12.9. The molecule has 0 fully saturated rings. The van der Waals surface area contributed by atoms with Gasteiger partial charge in [0, 0.05) is 16.7 Å². The minimum absolute atomic E-state index is 0.243. The van der Waals surface area contributed by atoms with Crippen LogP contribution in [0.4, 0.5) is 8.78 Å². The molecule has 0 amide bonds. The summed E-state index contributed by atoms with van der Waals surface area (Å²) in [6.07, 6.45) is 0. The van der Waals surface area contributed by atoms with Crippen molar-refractivity contribution in [3.63, 3.8) is 0 Å². The van der Waals surface area contributed by atoms with E-state index in [9.17, 15) is 8.78 Å². The van der Waals surface area contributed by atoms with Gasteiger partial charge in [-0.25, -0.2) is 8.78 Å². The predicted molar refractivity (Wildman–Crippen MR) is 105 cm³/mol. The third kappa shape index (κ3) is 4.63. The van der Waals surface area contributed by atoms with E-state index in [1.807, 2.05) is 63.2 Å². The Bertz CT molecular complexity index is 1090. The SMILES string of the molecule is Cc1ccc(C#Cc2c(F)cc(C#Cc3ccc(C)cc3C)cc2F)cc1. The Balaban J connectivity index is 1.90. The van der Waals surface area contributed by atoms with Gasteiger partial charge in [-0.05, 0) is 56.7 Å². The van der Waals surface area contributed by atoms with Crippen LogP contribution in [0.2, 0.25) is 0 Å². The second-order valence-electron chi connectivity index (χ2n) is 6.50. The van der Waals surface area contributed by atoms with Crippen LogP contribution in [0, 0.1) is 56.1 Å². The summed E-state index contributed by atoms with van der Waals surface area (Å²) in [4.78, 5) is 0. The van der Waals surface area contributed by atoms with Crippen LogP contribution in [0.5, 0.6) is 0 Å². The second kappa shape index (κ2) is 7.90. The molecule has 0 atom stereocenters. The number of halogens is 2. The number of aryl methyl sites for hydroxylation is 3. The molecule has 0 radical (unpaired) electrons. The molecule has 0 nitrogen and oxygen atoms in total. The third-order valence-corrected chi connectivity index (χ3v) is 4.15. The van der Waals surface area contributed by atoms with Crippen molar-refractivity contribution >= 4 is 0 Å². The Labute approximate surface area is 158 Å². The minimum Gasteiger partial charge on any atom is -0.205 e. The highest BCUT2D eigenvalue weighted by Crippen LogP contribution is 2.15. The molecule has 0 unspecified atom stereocenters. The maximum absolute atomic E-state index is 14.3. The van der Waals surface area contributed by atoms with Crippen LogP contribution in [0.1, 0.15) is 38.9 Å². The summed E-state index contributed by atoms with van der Waals surface area (Å²) in [7, 11) is 0. The first-order valence-electron chi connectivity index (χ1n) is 8.59. The van der Waals surface area contributed by atoms with Gasteiger partial charge in [0.2, 0.25) is 0 Å². The number of hydrogen-bond donors (Lipinski definition) is 0. The number of rotatable bonds is 0. The van der Waals surface area contributed by atoms with Gasteiger partial charge in [-0.2, -0.15) is 0 Å². The molecule has 2 heteroatoms. The largest absolute Gasteiger partial charge is 0.205 e. The summed E-state index contributed by atoms with van der Waals surface area (Å²) < 4.78 is 28.7. The Hall–Kier alpha value is -3.36. The standard InChI is InChI=1S/C25H18F2/c1-17-4-7-20(8-5-17)10-13-23-24(26)15-21(16-25(23)27)9-12-22-11-6-18(2)14-19(22)3/h4-8,11,14-16H,1-3H3. The summed E-state index contributed by atoms with van der Waals surface area (Å²) in [6.45, 7) is 5.93. The molecule has 0 aromatic heterocycles. The molecule has 0 spiro atoms. The van der Waals surface area contributed by atoms with Gasteiger partial charge in [0.15, 0.2) is 0 Å². The fraction of sp³-hybridized carbons (Fsp3) is 0.120. The molecule has 3 aromatic rings. The molecule has 0 saturated heterocycles. The molecule has 0 saturated carbocycles. The second-order valence-corrected chi connectivity index (χ2v) is 6.50. The molecule has 0 heterocycles. The topological polar surface area (TPSA) is 0 Å². The van der Waals surface area contributed by atoms with Gasteiger partial charge in [0.05, 0.1) is 5.56 Å². The van der Waals surface area contributed by atoms with E-state index in [0.717, 1.165) is 22.3 Å². The maximum atomic E-state index is 14.3. The summed E-state index contributed by atoms with van der Waals surface area (Å²) in [5, 5.41) is 0. The molecule has 0 aliphatic heterocycles. The summed E-state index contributed by atoms with van der Waals surface area (Å²) >= 11 is 0. The molecule has 3 rings (SSSR count). The van der Waals surface area contributed by atoms with Gasteiger partial charge in [0.25, 0.3) is 0 Å². The predicted octanol–water partition coefficient (Wildman–Crippen LogP) is 5.69. The van der Waals surface area contributed by atoms with Gasteiger partial charge in [-0.1, -0.05) is 59.1 Å². The highest BCUT2D eigenvalue weighted by atomic mass is 19.1. The molecule has 0 N–H and O–H groups in total. The summed E-state index contributed by atoms with van der Waals surface area (Å²) in [5.74, 6) is 9.77. The lowest BCUT2D eigenvalue weighted by atomic mass is 10.1. The Kier molecular flexibility index (Phi) is 5.39. The zero-order valence-corrected chi connectivity index (χ0v) is 15.5. The smallest absolute Gasteiger partial charge is 0.143 e. The molecular formula is C25H18F2. The molecular weight excluding hydrogens is 338 g/mol. The van der Waals surface area contributed by atoms with E-state index in [1.54, 1.807) is 0 Å². The Morgan fingerprint density at radius 1 is 0.593 bits per heavy atom. The monoisotopic (exact) mass is 356 g/mol. The number of benzene rings is 3. The van der Waals surface area contributed by atoms with Crippen LogP contribution in [0.25, 0.3) is 0 Å². The van der Waals surface area contributed by atoms with Crippen molar-refractivity contribution in [3.05, 3.63) is 105 Å². The van der Waals surface area contributed by atoms with E-state index < -0.39 is 11.6 Å². The molecule has 3 aromatic carbocycles. The summed E-state index contributed by atoms with van der Waals surface area (Å²) in [6, 6.07) is 15.8. The van der Waals surface area contributed by atoms with Crippen molar-refractivity contribution in [3.8, 4) is 23.7 Å². The van der Waals surface area contributed by atoms with E-state index in [2.05, 4.69) is 23.7 Å². The van der Waals surface area contributed by atoms with Crippen molar-refractivity contribution < 1.29 is 8.78 Å². The molecule has 0 aliphatic carbocycles. The van der Waals surface area contributed by atoms with Crippen LogP contribution in [0.3, 0.4) is 0 Å². The lowest BCUT2D eigenvalue weighted by molar-refractivity contribution is 0.577. The average Bonchev–Trinajstić information content (AvgIpc) is 2.62. The zero-order chi connectivity index (χ0) is 19.4. The average molecular weight is 356 g/mol. The first kappa shape index (κ1) is 18.4. The van der Waals surface area contributed by atoms with Crippen molar-refractivity contribution in [2.75, 3.05) is 0 Å². The highest BCUT2D eigenvalue weighted by molar-refractivity contribution is 5.51. The first-order valence-corrected chi connectivity index (χ1v) is 8.59. The van der Waals surface area contributed by atoms with Gasteiger partial charge >= 0.3 is 0 Å². The lowest BCUT2D eigenvalue weighted by Gasteiger charge is -2.00. The molecule has 27 heavy (non-hydrogen) atoms. The Morgan fingerprint density at radius 3 is 1.81 bits per heavy atom. The highest BCUT2D eigenvalue weighted by Gasteiger charge is 2.08. The maximum Gasteiger partial charge on any atom is 0.143 e. The Morgan fingerprint density at radius 2 is 1.19 bits per heavy atom. The van der Waals surface area contributed by atoms with Gasteiger partial charge in [-0.3, -0.25) is 0 Å². The lowest BCUT2D eigenvalue weighted by Crippen LogP contribution is -1.93. The quantitative estimate of drug-likeness (QED) is 0.454. The number of hydrogen-bond acceptors (Lipinski definition) is 0. The fourth-order valence-electron chi connectivity index (χ4n) is 2.63. The molecule has 132 valence electrons. The van der Waals surface area contributed by atoms with Gasteiger partial charge in [0.1, 0.15) is 11.6 Å². The van der Waals surface area contributed by atoms with E-state index in [4.69, 9.17) is 0 Å². The van der Waals surface area contributed by atoms with E-state index >= 15 is 0 Å². The molecule has 0 bridgehead atoms. The zero-order valence-electron chi connectivity index (χ0n) is 15.5. The van der Waals surface area contributed by atoms with Crippen LogP contribution in [-0.2, 0) is 0 Å². The normalized spacial score (nSPS) is 9.81. The van der Waals surface area contributed by atoms with Gasteiger partial charge < -0.3 is 0 Å². The van der Waals surface area contributed by atoms with Crippen LogP contribution < -0.4 is 0 Å². The van der Waals surface area contributed by atoms with Crippen molar-refractivity contribution in [1.82, 2.24) is 0 Å².